The maximum absolute atomic E-state index is 12.1. The second-order valence-corrected chi connectivity index (χ2v) is 40.6. The molecule has 0 bridgehead atoms. The van der Waals surface area contributed by atoms with Crippen molar-refractivity contribution in [2.45, 2.75) is 100 Å². The average Bonchev–Trinajstić information content (AvgIpc) is 0.764. The number of nitrogen functional groups attached to an aromatic ring is 1. The molecule has 6 N–H and O–H groups in total. The number of carbonyl (C=O) groups is 3. The number of nitro groups is 2. The van der Waals surface area contributed by atoms with Gasteiger partial charge in [0.1, 0.15) is 11.5 Å². The van der Waals surface area contributed by atoms with Gasteiger partial charge in [0, 0.05) is 68.7 Å². The summed E-state index contributed by atoms with van der Waals surface area (Å²) < 4.78 is 149. The van der Waals surface area contributed by atoms with E-state index >= 15 is 0 Å². The van der Waals surface area contributed by atoms with Gasteiger partial charge >= 0.3 is 36.1 Å². The third-order valence-electron chi connectivity index (χ3n) is 12.3. The molecule has 0 unspecified atom stereocenters. The fraction of sp³-hybridized carbons (Fsp3) is 0.316. The van der Waals surface area contributed by atoms with Crippen LogP contribution in [0, 0.1) is 20.2 Å². The maximum atomic E-state index is 12.1. The molecule has 2 aliphatic rings. The van der Waals surface area contributed by atoms with E-state index < -0.39 is 107 Å². The summed E-state index contributed by atoms with van der Waals surface area (Å²) in [6.45, 7) is 10.3. The van der Waals surface area contributed by atoms with E-state index in [2.05, 4.69) is 120 Å². The normalized spacial score (nSPS) is 13.5. The molecule has 8 rings (SSSR count). The molecule has 0 aliphatic carbocycles. The van der Waals surface area contributed by atoms with Crippen LogP contribution in [0.3, 0.4) is 0 Å². The Bertz CT molecular complexity index is 4850. The molecule has 0 aromatic heterocycles. The average molecular weight is 1940 g/mol. The van der Waals surface area contributed by atoms with Crippen molar-refractivity contribution in [1.82, 2.24) is 0 Å². The van der Waals surface area contributed by atoms with E-state index in [1.165, 1.54) is 65.6 Å². The van der Waals surface area contributed by atoms with Gasteiger partial charge in [0.15, 0.2) is 93.3 Å². The monoisotopic (exact) mass is 1930 g/mol. The number of thiol groups is 1. The number of anilines is 2. The van der Waals surface area contributed by atoms with E-state index in [4.69, 9.17) is 25.4 Å². The van der Waals surface area contributed by atoms with Gasteiger partial charge < -0.3 is 40.5 Å². The third-order valence-corrected chi connectivity index (χ3v) is 23.2. The number of aromatic hydroxyl groups is 4. The zero-order valence-corrected chi connectivity index (χ0v) is 69.6. The number of nitrogens with zero attached hydrogens (tertiary/aromatic N) is 4. The first kappa shape index (κ1) is 95.3. The molecule has 2 heterocycles. The Morgan fingerprint density at radius 2 is 0.921 bits per heavy atom. The van der Waals surface area contributed by atoms with E-state index in [1.807, 2.05) is 0 Å². The minimum atomic E-state index is -3.54. The summed E-state index contributed by atoms with van der Waals surface area (Å²) in [5.41, 5.74) is 3.35. The summed E-state index contributed by atoms with van der Waals surface area (Å²) in [5.74, 6) is -0.490. The number of fused-ring (bicyclic) bond motifs is 2. The van der Waals surface area contributed by atoms with E-state index in [1.54, 1.807) is 48.6 Å². The number of Topliss-reactive ketones (excluding diaryl/α,β-unsaturated/α-hetero) is 1. The molecule has 1 radical (unpaired) electrons. The molecule has 1 amide bonds. The van der Waals surface area contributed by atoms with Gasteiger partial charge in [-0.2, -0.15) is 0 Å². The predicted molar refractivity (Wildman–Crippen MR) is 405 cm³/mol. The molecule has 0 spiro atoms. The van der Waals surface area contributed by atoms with Crippen LogP contribution in [0.15, 0.2) is 143 Å². The summed E-state index contributed by atoms with van der Waals surface area (Å²) in [6, 6.07) is 18.7. The number of carbonyl (C=O) groups excluding carboxylic acids is 3. The standard InChI is InChI=1S/C12H14BrNO4S.C12H13BrO4S.C7H6BrNO5S.C7H8BrNO3S.C7H7NO5S.C7H8O3S.C4H6Br2O.CH4.BHNS/c1-12(2)11(15)14(3)9-6-7(19(4,16)17)5-8(13)10(9)18-12;1-12(2)10(14)5-7-4-8(18(3,15)16)6-9(13)11(7)17-12;1-15(13,14)4-2-5(8)7(10)6(3-4)9(11)12;1-13(11,12)4-2-5(8)7(10)6(9)3-4;1-14(12,13)5-2-3-7(9)6(4-5)8(10)11;1-11(9,10)7-4-2-6(8)3-5-7;1-4(2,6)3(5)7;;1-2-3/h5-6H,1-4H3;4,6H,5H2,1-3H3;2-3,10H,1H3;2-3,10H,9H2,1H3;2-4,9H,1H3;2-5,8H,1H3;1-2H3;1H4;3H. The number of ketones is 1. The van der Waals surface area contributed by atoms with Crippen LogP contribution in [-0.2, 0) is 79.8 Å². The van der Waals surface area contributed by atoms with E-state index in [0.717, 1.165) is 67.9 Å². The molecular formula is C57H67BBr6N5O25S7. The number of rotatable bonds is 9. The predicted octanol–water partition coefficient (Wildman–Crippen LogP) is 11.1. The number of benzene rings is 6. The van der Waals surface area contributed by atoms with Gasteiger partial charge in [-0.15, -0.1) is 0 Å². The van der Waals surface area contributed by atoms with Crippen molar-refractivity contribution in [1.29, 1.82) is 0 Å². The fourth-order valence-electron chi connectivity index (χ4n) is 7.01. The van der Waals surface area contributed by atoms with Crippen molar-refractivity contribution in [3.05, 3.63) is 135 Å². The van der Waals surface area contributed by atoms with E-state index in [-0.39, 0.29) is 85.7 Å². The first-order chi connectivity index (χ1) is 44.9. The van der Waals surface area contributed by atoms with E-state index in [9.17, 15) is 95.3 Å². The molecule has 0 saturated carbocycles. The molecule has 101 heavy (non-hydrogen) atoms. The van der Waals surface area contributed by atoms with Gasteiger partial charge in [0.2, 0.25) is 10.4 Å². The van der Waals surface area contributed by atoms with Crippen LogP contribution < -0.4 is 20.1 Å². The minimum absolute atomic E-state index is 0. The van der Waals surface area contributed by atoms with Crippen molar-refractivity contribution in [2.75, 3.05) is 55.2 Å². The number of nitro benzene ring substituents is 2. The quantitative estimate of drug-likeness (QED) is 0.0114. The molecule has 0 saturated heterocycles. The van der Waals surface area contributed by atoms with Crippen LogP contribution in [0.4, 0.5) is 22.7 Å². The van der Waals surface area contributed by atoms with Crippen molar-refractivity contribution < 1.29 is 105 Å². The van der Waals surface area contributed by atoms with Gasteiger partial charge in [-0.05, 0) is 200 Å². The van der Waals surface area contributed by atoms with Gasteiger partial charge in [0.25, 0.3) is 5.91 Å². The summed E-state index contributed by atoms with van der Waals surface area (Å²) in [5, 5.41) is 57.2. The Morgan fingerprint density at radius 1 is 0.584 bits per heavy atom. The first-order valence-corrected chi connectivity index (χ1v) is 43.1. The molecule has 44 heteroatoms. The van der Waals surface area contributed by atoms with Crippen molar-refractivity contribution in [3.63, 3.8) is 0 Å². The molecule has 6 aromatic rings. The van der Waals surface area contributed by atoms with Crippen molar-refractivity contribution >= 4 is 214 Å². The Morgan fingerprint density at radius 3 is 1.31 bits per heavy atom. The molecule has 0 atom stereocenters. The van der Waals surface area contributed by atoms with Crippen molar-refractivity contribution in [3.8, 4) is 34.5 Å². The number of ether oxygens (including phenoxy) is 2. The number of phenolic OH excluding ortho intramolecular Hbond substituents is 4. The van der Waals surface area contributed by atoms with E-state index in [0.29, 0.717) is 31.7 Å². The zero-order chi connectivity index (χ0) is 78.5. The van der Waals surface area contributed by atoms with Gasteiger partial charge in [-0.25, -0.2) is 50.5 Å². The summed E-state index contributed by atoms with van der Waals surface area (Å²) in [6.07, 6.45) is 6.50. The second kappa shape index (κ2) is 37.3. The summed E-state index contributed by atoms with van der Waals surface area (Å²) >= 11 is 21.6. The Kier molecular flexibility index (Phi) is 35.2. The van der Waals surface area contributed by atoms with Gasteiger partial charge in [-0.3, -0.25) is 34.6 Å². The summed E-state index contributed by atoms with van der Waals surface area (Å²) in [7, 11) is -14.2. The summed E-state index contributed by atoms with van der Waals surface area (Å²) in [4.78, 5) is 55.1. The van der Waals surface area contributed by atoms with Gasteiger partial charge in [-0.1, -0.05) is 23.4 Å². The number of halogens is 6. The van der Waals surface area contributed by atoms with Crippen LogP contribution in [-0.4, -0.2) is 165 Å². The molecule has 6 aromatic carbocycles. The van der Waals surface area contributed by atoms with Gasteiger partial charge in [0.05, 0.1) is 72.8 Å². The number of hydrogen-bond acceptors (Lipinski definition) is 28. The molecule has 0 fully saturated rings. The number of sulfone groups is 6. The fourth-order valence-corrected chi connectivity index (χ4v) is 13.6. The number of hydrogen-bond donors (Lipinski definition) is 6. The Hall–Kier alpha value is -5.68. The Balaban J connectivity index is 0.00000116. The van der Waals surface area contributed by atoms with Crippen LogP contribution in [0.1, 0.15) is 54.5 Å². The molecule has 557 valence electrons. The number of alkyl halides is 1. The molecule has 30 nitrogen and oxygen atoms in total. The Labute approximate surface area is 641 Å². The van der Waals surface area contributed by atoms with Crippen LogP contribution in [0.2, 0.25) is 0 Å². The van der Waals surface area contributed by atoms with Crippen LogP contribution in [0.25, 0.3) is 0 Å². The third kappa shape index (κ3) is 29.4. The van der Waals surface area contributed by atoms with Crippen LogP contribution in [0.5, 0.6) is 34.5 Å². The first-order valence-electron chi connectivity index (χ1n) is 26.6. The zero-order valence-electron chi connectivity index (χ0n) is 54.3. The second-order valence-electron chi connectivity index (χ2n) is 22.1. The number of likely N-dealkylation sites (N-methyl/N-ethyl adjacent to an activating group) is 1. The number of nitrogens with two attached hydrogens (primary N) is 1. The van der Waals surface area contributed by atoms with Crippen molar-refractivity contribution in [2.24, 2.45) is 4.30 Å². The number of phenols is 4. The number of amides is 1. The SMILES string of the molecule is C.CC(C)(Br)C(=O)Br.CC1(C)Oc2c(Br)cc(S(C)(=O)=O)cc2CC1=O.CN1C(=O)C(C)(C)Oc2c(Br)cc(S(C)(=O)=O)cc21.CS(=O)(=O)c1cc(Br)c(O)c([N+](=O)[O-])c1.CS(=O)(=O)c1cc(N)c(O)c(Br)c1.CS(=O)(=O)c1ccc(O)c([N+](=O)[O-])c1.CS(=O)(=O)c1ccc(O)cc1.[B]=NS. The molecule has 2 aliphatic heterocycles. The van der Waals surface area contributed by atoms with Crippen LogP contribution >= 0.6 is 108 Å². The topological polar surface area (TPSA) is 483 Å². The molecular weight excluding hydrogens is 1870 g/mol.